The first-order chi connectivity index (χ1) is 10.7. The minimum absolute atomic E-state index is 0.0963. The zero-order chi connectivity index (χ0) is 15.5. The first-order valence-electron chi connectivity index (χ1n) is 7.89. The molecule has 1 unspecified atom stereocenters. The minimum Gasteiger partial charge on any atom is -0.481 e. The molecule has 0 aromatic carbocycles. The van der Waals surface area contributed by atoms with Crippen LogP contribution in [-0.4, -0.2) is 53.0 Å². The molecule has 3 heterocycles. The largest absolute Gasteiger partial charge is 0.481 e. The second kappa shape index (κ2) is 6.34. The van der Waals surface area contributed by atoms with E-state index >= 15 is 0 Å². The Kier molecular flexibility index (Phi) is 4.27. The molecule has 2 saturated heterocycles. The lowest BCUT2D eigenvalue weighted by atomic mass is 9.97. The topological polar surface area (TPSA) is 73.7 Å². The standard InChI is InChI=1S/C16H21N3O3/c20-15(19-10-4-5-12(11-19)16(21)22)13-6-3-7-17-14(13)18-8-1-2-9-18/h3,6-7,12H,1-2,4-5,8-11H2,(H,21,22). The van der Waals surface area contributed by atoms with E-state index in [2.05, 4.69) is 9.88 Å². The molecule has 0 radical (unpaired) electrons. The average molecular weight is 303 g/mol. The van der Waals surface area contributed by atoms with E-state index in [0.717, 1.165) is 38.2 Å². The third kappa shape index (κ3) is 2.91. The third-order valence-electron chi connectivity index (χ3n) is 4.48. The van der Waals surface area contributed by atoms with Crippen LogP contribution in [0.1, 0.15) is 36.0 Å². The highest BCUT2D eigenvalue weighted by molar-refractivity contribution is 5.99. The van der Waals surface area contributed by atoms with Crippen molar-refractivity contribution in [2.45, 2.75) is 25.7 Å². The van der Waals surface area contributed by atoms with Crippen molar-refractivity contribution in [3.8, 4) is 0 Å². The number of carbonyl (C=O) groups is 2. The van der Waals surface area contributed by atoms with Crippen molar-refractivity contribution in [3.05, 3.63) is 23.9 Å². The van der Waals surface area contributed by atoms with Crippen LogP contribution in [0.25, 0.3) is 0 Å². The summed E-state index contributed by atoms with van der Waals surface area (Å²) in [5, 5.41) is 9.18. The fourth-order valence-corrected chi connectivity index (χ4v) is 3.28. The number of amides is 1. The molecule has 118 valence electrons. The van der Waals surface area contributed by atoms with Crippen LogP contribution in [0.15, 0.2) is 18.3 Å². The highest BCUT2D eigenvalue weighted by Crippen LogP contribution is 2.25. The van der Waals surface area contributed by atoms with Gasteiger partial charge in [0.1, 0.15) is 5.82 Å². The van der Waals surface area contributed by atoms with E-state index in [1.807, 2.05) is 0 Å². The average Bonchev–Trinajstić information content (AvgIpc) is 3.08. The van der Waals surface area contributed by atoms with Crippen LogP contribution in [0.5, 0.6) is 0 Å². The first-order valence-corrected chi connectivity index (χ1v) is 7.89. The number of nitrogens with zero attached hydrogens (tertiary/aromatic N) is 3. The summed E-state index contributed by atoms with van der Waals surface area (Å²) in [5.41, 5.74) is 0.593. The number of likely N-dealkylation sites (tertiary alicyclic amines) is 1. The molecule has 0 bridgehead atoms. The smallest absolute Gasteiger partial charge is 0.308 e. The Hall–Kier alpha value is -2.11. The lowest BCUT2D eigenvalue weighted by Crippen LogP contribution is -2.42. The first kappa shape index (κ1) is 14.8. The van der Waals surface area contributed by atoms with Crippen molar-refractivity contribution in [2.24, 2.45) is 5.92 Å². The lowest BCUT2D eigenvalue weighted by Gasteiger charge is -2.31. The van der Waals surface area contributed by atoms with Crippen LogP contribution >= 0.6 is 0 Å². The minimum atomic E-state index is -0.816. The van der Waals surface area contributed by atoms with E-state index in [4.69, 9.17) is 0 Å². The summed E-state index contributed by atoms with van der Waals surface area (Å²) < 4.78 is 0. The van der Waals surface area contributed by atoms with Gasteiger partial charge in [-0.2, -0.15) is 0 Å². The number of aliphatic carboxylic acids is 1. The van der Waals surface area contributed by atoms with Crippen molar-refractivity contribution in [1.82, 2.24) is 9.88 Å². The number of carbonyl (C=O) groups excluding carboxylic acids is 1. The Morgan fingerprint density at radius 3 is 2.68 bits per heavy atom. The molecule has 1 amide bonds. The maximum absolute atomic E-state index is 12.8. The van der Waals surface area contributed by atoms with Crippen molar-refractivity contribution in [1.29, 1.82) is 0 Å². The monoisotopic (exact) mass is 303 g/mol. The zero-order valence-corrected chi connectivity index (χ0v) is 12.6. The van der Waals surface area contributed by atoms with Crippen LogP contribution in [0, 0.1) is 5.92 Å². The summed E-state index contributed by atoms with van der Waals surface area (Å²) in [6.07, 6.45) is 5.33. The third-order valence-corrected chi connectivity index (χ3v) is 4.48. The molecule has 2 aliphatic heterocycles. The predicted octanol–water partition coefficient (Wildman–Crippen LogP) is 1.62. The maximum Gasteiger partial charge on any atom is 0.308 e. The van der Waals surface area contributed by atoms with Gasteiger partial charge in [-0.15, -0.1) is 0 Å². The van der Waals surface area contributed by atoms with Crippen LogP contribution in [0.4, 0.5) is 5.82 Å². The number of rotatable bonds is 3. The van der Waals surface area contributed by atoms with Gasteiger partial charge in [0.25, 0.3) is 5.91 Å². The Bertz CT molecular complexity index is 570. The van der Waals surface area contributed by atoms with Gasteiger partial charge < -0.3 is 14.9 Å². The molecule has 22 heavy (non-hydrogen) atoms. The molecule has 1 atom stereocenters. The van der Waals surface area contributed by atoms with Gasteiger partial charge in [0.05, 0.1) is 11.5 Å². The SMILES string of the molecule is O=C(O)C1CCCN(C(=O)c2cccnc2N2CCCC2)C1. The fourth-order valence-electron chi connectivity index (χ4n) is 3.28. The molecule has 6 heteroatoms. The second-order valence-corrected chi connectivity index (χ2v) is 6.00. The molecule has 2 aliphatic rings. The summed E-state index contributed by atoms with van der Waals surface area (Å²) >= 11 is 0. The van der Waals surface area contributed by atoms with Crippen LogP contribution < -0.4 is 4.90 Å². The molecular weight excluding hydrogens is 282 g/mol. The number of piperidine rings is 1. The molecule has 0 spiro atoms. The molecule has 1 aromatic heterocycles. The van der Waals surface area contributed by atoms with E-state index in [1.165, 1.54) is 0 Å². The number of carboxylic acids is 1. The number of hydrogen-bond donors (Lipinski definition) is 1. The van der Waals surface area contributed by atoms with Crippen molar-refractivity contribution in [2.75, 3.05) is 31.1 Å². The van der Waals surface area contributed by atoms with Crippen molar-refractivity contribution >= 4 is 17.7 Å². The summed E-state index contributed by atoms with van der Waals surface area (Å²) in [7, 11) is 0. The van der Waals surface area contributed by atoms with Gasteiger partial charge in [-0.25, -0.2) is 4.98 Å². The van der Waals surface area contributed by atoms with Gasteiger partial charge in [0.15, 0.2) is 0 Å². The number of aromatic nitrogens is 1. The van der Waals surface area contributed by atoms with Crippen LogP contribution in [-0.2, 0) is 4.79 Å². The van der Waals surface area contributed by atoms with Gasteiger partial charge in [-0.3, -0.25) is 9.59 Å². The second-order valence-electron chi connectivity index (χ2n) is 6.00. The van der Waals surface area contributed by atoms with Crippen LogP contribution in [0.2, 0.25) is 0 Å². The molecule has 6 nitrogen and oxygen atoms in total. The van der Waals surface area contributed by atoms with E-state index in [-0.39, 0.29) is 5.91 Å². The van der Waals surface area contributed by atoms with E-state index < -0.39 is 11.9 Å². The molecule has 1 N–H and O–H groups in total. The summed E-state index contributed by atoms with van der Waals surface area (Å²) in [6.45, 7) is 2.77. The molecule has 1 aromatic rings. The van der Waals surface area contributed by atoms with E-state index in [1.54, 1.807) is 23.2 Å². The predicted molar refractivity (Wildman–Crippen MR) is 81.9 cm³/mol. The molecule has 3 rings (SSSR count). The van der Waals surface area contributed by atoms with Crippen molar-refractivity contribution < 1.29 is 14.7 Å². The molecule has 0 saturated carbocycles. The zero-order valence-electron chi connectivity index (χ0n) is 12.6. The van der Waals surface area contributed by atoms with Gasteiger partial charge >= 0.3 is 5.97 Å². The fraction of sp³-hybridized carbons (Fsp3) is 0.562. The number of anilines is 1. The Labute approximate surface area is 129 Å². The van der Waals surface area contributed by atoms with Crippen LogP contribution in [0.3, 0.4) is 0 Å². The number of pyridine rings is 1. The Balaban J connectivity index is 1.81. The number of carboxylic acid groups (broad SMARTS) is 1. The highest BCUT2D eigenvalue weighted by Gasteiger charge is 2.30. The van der Waals surface area contributed by atoms with Gasteiger partial charge in [0.2, 0.25) is 0 Å². The molecule has 0 aliphatic carbocycles. The maximum atomic E-state index is 12.8. The van der Waals surface area contributed by atoms with Gasteiger partial charge in [0, 0.05) is 32.4 Å². The summed E-state index contributed by atoms with van der Waals surface area (Å²) in [6, 6.07) is 3.57. The normalized spacial score (nSPS) is 21.9. The van der Waals surface area contributed by atoms with Crippen molar-refractivity contribution in [3.63, 3.8) is 0 Å². The van der Waals surface area contributed by atoms with Gasteiger partial charge in [-0.1, -0.05) is 0 Å². The van der Waals surface area contributed by atoms with E-state index in [0.29, 0.717) is 25.1 Å². The summed E-state index contributed by atoms with van der Waals surface area (Å²) in [5.74, 6) is -0.628. The lowest BCUT2D eigenvalue weighted by molar-refractivity contribution is -0.143. The Morgan fingerprint density at radius 2 is 1.95 bits per heavy atom. The molecule has 2 fully saturated rings. The molecular formula is C16H21N3O3. The van der Waals surface area contributed by atoms with Gasteiger partial charge in [-0.05, 0) is 37.8 Å². The highest BCUT2D eigenvalue weighted by atomic mass is 16.4. The van der Waals surface area contributed by atoms with E-state index in [9.17, 15) is 14.7 Å². The summed E-state index contributed by atoms with van der Waals surface area (Å²) in [4.78, 5) is 32.2. The Morgan fingerprint density at radius 1 is 1.18 bits per heavy atom. The quantitative estimate of drug-likeness (QED) is 0.918. The number of hydrogen-bond acceptors (Lipinski definition) is 4.